The summed E-state index contributed by atoms with van der Waals surface area (Å²) in [5, 5.41) is 12.2. The summed E-state index contributed by atoms with van der Waals surface area (Å²) in [4.78, 5) is 16.3. The molecule has 0 aliphatic rings. The molecule has 7 heteroatoms. The highest BCUT2D eigenvalue weighted by atomic mass is 16.3. The van der Waals surface area contributed by atoms with E-state index in [4.69, 9.17) is 15.9 Å². The number of aliphatic hydroxyl groups excluding tert-OH is 1. The van der Waals surface area contributed by atoms with Gasteiger partial charge in [-0.05, 0) is 55.2 Å². The van der Waals surface area contributed by atoms with Gasteiger partial charge in [0.25, 0.3) is 5.91 Å². The molecule has 6 N–H and O–H groups in total. The summed E-state index contributed by atoms with van der Waals surface area (Å²) in [6.07, 6.45) is 2.21. The Kier molecular flexibility index (Phi) is 6.08. The molecule has 3 aromatic rings. The number of oxazole rings is 1. The van der Waals surface area contributed by atoms with Gasteiger partial charge in [-0.25, -0.2) is 4.98 Å². The fourth-order valence-corrected chi connectivity index (χ4v) is 2.67. The summed E-state index contributed by atoms with van der Waals surface area (Å²) in [6, 6.07) is 14.7. The second-order valence-electron chi connectivity index (χ2n) is 6.73. The van der Waals surface area contributed by atoms with Gasteiger partial charge in [-0.3, -0.25) is 4.79 Å². The molecule has 1 aromatic heterocycles. The molecule has 0 bridgehead atoms. The molecular weight excluding hydrogens is 356 g/mol. The number of aryl methyl sites for hydroxylation is 2. The first-order chi connectivity index (χ1) is 13.4. The normalized spacial score (nSPS) is 13.1. The zero-order valence-corrected chi connectivity index (χ0v) is 15.6. The summed E-state index contributed by atoms with van der Waals surface area (Å²) in [6.45, 7) is 1.53. The van der Waals surface area contributed by atoms with Crippen molar-refractivity contribution in [2.75, 3.05) is 11.1 Å². The minimum atomic E-state index is -0.824. The topological polar surface area (TPSA) is 127 Å². The van der Waals surface area contributed by atoms with Crippen LogP contribution >= 0.6 is 0 Å². The number of carbonyl (C=O) groups is 1. The number of benzene rings is 2. The number of rotatable bonds is 7. The molecule has 1 amide bonds. The van der Waals surface area contributed by atoms with E-state index in [2.05, 4.69) is 10.3 Å². The molecule has 28 heavy (non-hydrogen) atoms. The van der Waals surface area contributed by atoms with Gasteiger partial charge in [0, 0.05) is 11.4 Å². The van der Waals surface area contributed by atoms with Crippen molar-refractivity contribution in [2.45, 2.75) is 31.9 Å². The third kappa shape index (κ3) is 4.97. The van der Waals surface area contributed by atoms with Crippen LogP contribution in [-0.4, -0.2) is 22.1 Å². The highest BCUT2D eigenvalue weighted by molar-refractivity contribution is 6.02. The van der Waals surface area contributed by atoms with Crippen LogP contribution in [0.4, 0.5) is 11.4 Å². The highest BCUT2D eigenvalue weighted by Crippen LogP contribution is 2.16. The zero-order valence-electron chi connectivity index (χ0n) is 15.6. The lowest BCUT2D eigenvalue weighted by atomic mass is 10.0. The molecule has 0 aliphatic heterocycles. The molecule has 0 saturated heterocycles. The van der Waals surface area contributed by atoms with E-state index in [9.17, 15) is 9.90 Å². The fourth-order valence-electron chi connectivity index (χ4n) is 2.67. The van der Waals surface area contributed by atoms with Gasteiger partial charge in [0.2, 0.25) is 5.89 Å². The van der Waals surface area contributed by atoms with Gasteiger partial charge in [0.05, 0.1) is 6.10 Å². The van der Waals surface area contributed by atoms with E-state index in [1.807, 2.05) is 48.5 Å². The van der Waals surface area contributed by atoms with Gasteiger partial charge in [-0.2, -0.15) is 0 Å². The van der Waals surface area contributed by atoms with Crippen molar-refractivity contribution in [1.29, 1.82) is 0 Å². The van der Waals surface area contributed by atoms with E-state index in [0.29, 0.717) is 5.69 Å². The van der Waals surface area contributed by atoms with Gasteiger partial charge < -0.3 is 26.3 Å². The lowest BCUT2D eigenvalue weighted by molar-refractivity contribution is 0.102. The minimum Gasteiger partial charge on any atom is -0.446 e. The van der Waals surface area contributed by atoms with E-state index in [1.54, 1.807) is 0 Å². The van der Waals surface area contributed by atoms with Crippen LogP contribution in [0.5, 0.6) is 0 Å². The lowest BCUT2D eigenvalue weighted by Gasteiger charge is -2.09. The average molecular weight is 380 g/mol. The van der Waals surface area contributed by atoms with Crippen molar-refractivity contribution >= 4 is 17.3 Å². The van der Waals surface area contributed by atoms with Crippen molar-refractivity contribution in [3.05, 3.63) is 77.5 Å². The number of nitrogens with one attached hydrogen (secondary N) is 1. The van der Waals surface area contributed by atoms with Crippen molar-refractivity contribution < 1.29 is 14.3 Å². The quantitative estimate of drug-likeness (QED) is 0.467. The Balaban J connectivity index is 1.56. The largest absolute Gasteiger partial charge is 0.446 e. The molecule has 7 nitrogen and oxygen atoms in total. The van der Waals surface area contributed by atoms with Crippen LogP contribution in [0.2, 0.25) is 0 Å². The number of aliphatic hydroxyl groups is 1. The summed E-state index contributed by atoms with van der Waals surface area (Å²) in [5.74, 6) is -0.277. The third-order valence-corrected chi connectivity index (χ3v) is 4.45. The Morgan fingerprint density at radius 3 is 2.25 bits per heavy atom. The van der Waals surface area contributed by atoms with E-state index < -0.39 is 18.1 Å². The third-order valence-electron chi connectivity index (χ3n) is 4.45. The standard InChI is InChI=1S/C21H24N4O3/c1-13(26)19(23)21-25-18(12-28-21)20(27)24-17-10-6-15(7-11-17)3-2-14-4-8-16(22)9-5-14/h4-13,19,26H,2-3,22-23H2,1H3,(H,24,27). The van der Waals surface area contributed by atoms with Crippen molar-refractivity contribution in [3.8, 4) is 0 Å². The van der Waals surface area contributed by atoms with Crippen LogP contribution in [-0.2, 0) is 12.8 Å². The Labute approximate surface area is 163 Å². The predicted molar refractivity (Wildman–Crippen MR) is 108 cm³/mol. The average Bonchev–Trinajstić information content (AvgIpc) is 3.18. The van der Waals surface area contributed by atoms with Crippen molar-refractivity contribution in [3.63, 3.8) is 0 Å². The second kappa shape index (κ2) is 8.69. The van der Waals surface area contributed by atoms with Crippen LogP contribution < -0.4 is 16.8 Å². The molecule has 2 aromatic carbocycles. The van der Waals surface area contributed by atoms with Crippen LogP contribution in [0.3, 0.4) is 0 Å². The molecular formula is C21H24N4O3. The number of nitrogens with two attached hydrogens (primary N) is 2. The molecule has 3 rings (SSSR count). The maximum absolute atomic E-state index is 12.3. The number of anilines is 2. The number of carbonyl (C=O) groups excluding carboxylic acids is 1. The van der Waals surface area contributed by atoms with Gasteiger partial charge in [-0.1, -0.05) is 24.3 Å². The first kappa shape index (κ1) is 19.6. The second-order valence-corrected chi connectivity index (χ2v) is 6.73. The Morgan fingerprint density at radius 2 is 1.68 bits per heavy atom. The number of hydrogen-bond donors (Lipinski definition) is 4. The van der Waals surface area contributed by atoms with Gasteiger partial charge in [0.1, 0.15) is 12.3 Å². The summed E-state index contributed by atoms with van der Waals surface area (Å²) in [5.41, 5.74) is 15.4. The molecule has 0 saturated carbocycles. The lowest BCUT2D eigenvalue weighted by Crippen LogP contribution is -2.23. The van der Waals surface area contributed by atoms with E-state index in [1.165, 1.54) is 24.3 Å². The number of aromatic nitrogens is 1. The van der Waals surface area contributed by atoms with E-state index in [-0.39, 0.29) is 11.6 Å². The molecule has 0 radical (unpaired) electrons. The molecule has 1 heterocycles. The van der Waals surface area contributed by atoms with Crippen LogP contribution in [0.15, 0.2) is 59.2 Å². The van der Waals surface area contributed by atoms with E-state index in [0.717, 1.165) is 18.5 Å². The van der Waals surface area contributed by atoms with Crippen LogP contribution in [0.25, 0.3) is 0 Å². The monoisotopic (exact) mass is 380 g/mol. The fraction of sp³-hybridized carbons (Fsp3) is 0.238. The number of nitrogen functional groups attached to an aromatic ring is 1. The molecule has 2 atom stereocenters. The van der Waals surface area contributed by atoms with Crippen molar-refractivity contribution in [1.82, 2.24) is 4.98 Å². The minimum absolute atomic E-state index is 0.110. The van der Waals surface area contributed by atoms with Gasteiger partial charge in [0.15, 0.2) is 5.69 Å². The predicted octanol–water partition coefficient (Wildman–Crippen LogP) is 2.67. The maximum Gasteiger partial charge on any atom is 0.277 e. The van der Waals surface area contributed by atoms with Gasteiger partial charge in [-0.15, -0.1) is 0 Å². The smallest absolute Gasteiger partial charge is 0.277 e. The Morgan fingerprint density at radius 1 is 1.11 bits per heavy atom. The zero-order chi connectivity index (χ0) is 20.1. The Hall–Kier alpha value is -3.16. The first-order valence-corrected chi connectivity index (χ1v) is 9.06. The summed E-state index contributed by atoms with van der Waals surface area (Å²) < 4.78 is 5.18. The number of hydrogen-bond acceptors (Lipinski definition) is 6. The molecule has 0 fully saturated rings. The summed E-state index contributed by atoms with van der Waals surface area (Å²) >= 11 is 0. The number of nitrogens with zero attached hydrogens (tertiary/aromatic N) is 1. The molecule has 0 aliphatic carbocycles. The van der Waals surface area contributed by atoms with E-state index >= 15 is 0 Å². The first-order valence-electron chi connectivity index (χ1n) is 9.06. The van der Waals surface area contributed by atoms with Crippen LogP contribution in [0, 0.1) is 0 Å². The molecule has 2 unspecified atom stereocenters. The Bertz CT molecular complexity index is 918. The summed E-state index contributed by atoms with van der Waals surface area (Å²) in [7, 11) is 0. The number of amides is 1. The van der Waals surface area contributed by atoms with Crippen molar-refractivity contribution in [2.24, 2.45) is 5.73 Å². The van der Waals surface area contributed by atoms with Crippen LogP contribution in [0.1, 0.15) is 40.5 Å². The highest BCUT2D eigenvalue weighted by Gasteiger charge is 2.20. The SMILES string of the molecule is CC(O)C(N)c1nc(C(=O)Nc2ccc(CCc3ccc(N)cc3)cc2)co1. The molecule has 146 valence electrons. The molecule has 0 spiro atoms. The van der Waals surface area contributed by atoms with Gasteiger partial charge >= 0.3 is 0 Å². The maximum atomic E-state index is 12.3.